The number of halogens is 1. The van der Waals surface area contributed by atoms with Crippen LogP contribution < -0.4 is 10.6 Å². The Balaban J connectivity index is 1.36. The van der Waals surface area contributed by atoms with E-state index < -0.39 is 0 Å². The number of aryl methyl sites for hydroxylation is 1. The minimum atomic E-state index is -0.260. The zero-order valence-corrected chi connectivity index (χ0v) is 16.8. The number of rotatable bonds is 7. The fourth-order valence-electron chi connectivity index (χ4n) is 3.49. The first-order valence-corrected chi connectivity index (χ1v) is 10.1. The third-order valence-electron chi connectivity index (χ3n) is 5.36. The van der Waals surface area contributed by atoms with Crippen LogP contribution in [0.4, 0.5) is 4.39 Å². The van der Waals surface area contributed by atoms with Gasteiger partial charge >= 0.3 is 0 Å². The van der Waals surface area contributed by atoms with Gasteiger partial charge in [-0.15, -0.1) is 0 Å². The molecule has 3 rings (SSSR count). The maximum absolute atomic E-state index is 13.6. The molecule has 5 nitrogen and oxygen atoms in total. The quantitative estimate of drug-likeness (QED) is 0.755. The first-order valence-electron chi connectivity index (χ1n) is 10.1. The number of nitrogens with one attached hydrogen (secondary N) is 2. The van der Waals surface area contributed by atoms with Crippen LogP contribution >= 0.6 is 0 Å². The Hall–Kier alpha value is -2.73. The molecule has 154 valence electrons. The Kier molecular flexibility index (Phi) is 7.36. The van der Waals surface area contributed by atoms with E-state index in [-0.39, 0.29) is 23.5 Å². The van der Waals surface area contributed by atoms with E-state index in [1.54, 1.807) is 13.0 Å². The van der Waals surface area contributed by atoms with Crippen molar-refractivity contribution >= 4 is 11.8 Å². The Bertz CT molecular complexity index is 833. The van der Waals surface area contributed by atoms with Crippen molar-refractivity contribution in [3.05, 3.63) is 71.0 Å². The van der Waals surface area contributed by atoms with E-state index in [9.17, 15) is 14.0 Å². The van der Waals surface area contributed by atoms with Crippen LogP contribution in [0, 0.1) is 18.7 Å². The standard InChI is InChI=1S/C23H28FN3O2/c1-17-7-8-19(13-21(17)24)15-25-22(28)16-27-11-9-20(10-12-27)23(29)26-14-18-5-3-2-4-6-18/h2-8,13,20H,9-12,14-16H2,1H3,(H,25,28)(H,26,29). The van der Waals surface area contributed by atoms with Crippen molar-refractivity contribution in [1.82, 2.24) is 15.5 Å². The molecule has 0 atom stereocenters. The molecule has 1 aliphatic heterocycles. The van der Waals surface area contributed by atoms with Gasteiger partial charge in [0.1, 0.15) is 5.82 Å². The summed E-state index contributed by atoms with van der Waals surface area (Å²) in [5, 5.41) is 5.84. The lowest BCUT2D eigenvalue weighted by atomic mass is 9.96. The smallest absolute Gasteiger partial charge is 0.234 e. The number of amides is 2. The molecule has 2 aromatic carbocycles. The lowest BCUT2D eigenvalue weighted by molar-refractivity contribution is -0.127. The van der Waals surface area contributed by atoms with Crippen LogP contribution in [0.5, 0.6) is 0 Å². The largest absolute Gasteiger partial charge is 0.352 e. The minimum Gasteiger partial charge on any atom is -0.352 e. The van der Waals surface area contributed by atoms with Crippen molar-refractivity contribution in [3.63, 3.8) is 0 Å². The average molecular weight is 397 g/mol. The molecule has 1 fully saturated rings. The van der Waals surface area contributed by atoms with E-state index in [0.717, 1.165) is 37.1 Å². The van der Waals surface area contributed by atoms with Gasteiger partial charge in [-0.1, -0.05) is 42.5 Å². The van der Waals surface area contributed by atoms with Gasteiger partial charge in [0.15, 0.2) is 0 Å². The molecule has 0 bridgehead atoms. The molecule has 1 heterocycles. The fourth-order valence-corrected chi connectivity index (χ4v) is 3.49. The predicted octanol–water partition coefficient (Wildman–Crippen LogP) is 2.78. The Morgan fingerprint density at radius 3 is 2.38 bits per heavy atom. The lowest BCUT2D eigenvalue weighted by Gasteiger charge is -2.30. The maximum Gasteiger partial charge on any atom is 0.234 e. The predicted molar refractivity (Wildman–Crippen MR) is 110 cm³/mol. The third-order valence-corrected chi connectivity index (χ3v) is 5.36. The highest BCUT2D eigenvalue weighted by atomic mass is 19.1. The number of nitrogens with zero attached hydrogens (tertiary/aromatic N) is 1. The minimum absolute atomic E-state index is 0.00597. The lowest BCUT2D eigenvalue weighted by Crippen LogP contribution is -2.44. The summed E-state index contributed by atoms with van der Waals surface area (Å²) >= 11 is 0. The molecule has 2 N–H and O–H groups in total. The molecule has 0 saturated carbocycles. The first-order chi connectivity index (χ1) is 14.0. The van der Waals surface area contributed by atoms with Crippen molar-refractivity contribution < 1.29 is 14.0 Å². The van der Waals surface area contributed by atoms with Crippen molar-refractivity contribution in [3.8, 4) is 0 Å². The number of carbonyl (C=O) groups excluding carboxylic acids is 2. The summed E-state index contributed by atoms with van der Waals surface area (Å²) in [5.74, 6) is -0.268. The maximum atomic E-state index is 13.6. The fraction of sp³-hybridized carbons (Fsp3) is 0.391. The van der Waals surface area contributed by atoms with E-state index in [2.05, 4.69) is 15.5 Å². The molecule has 0 spiro atoms. The van der Waals surface area contributed by atoms with E-state index in [1.165, 1.54) is 6.07 Å². The van der Waals surface area contributed by atoms with E-state index in [4.69, 9.17) is 0 Å². The Morgan fingerprint density at radius 1 is 1.00 bits per heavy atom. The third kappa shape index (κ3) is 6.39. The van der Waals surface area contributed by atoms with Gasteiger partial charge in [0.2, 0.25) is 11.8 Å². The first kappa shape index (κ1) is 21.0. The van der Waals surface area contributed by atoms with Gasteiger partial charge in [-0.05, 0) is 55.6 Å². The van der Waals surface area contributed by atoms with Gasteiger partial charge in [0.25, 0.3) is 0 Å². The number of likely N-dealkylation sites (tertiary alicyclic amines) is 1. The van der Waals surface area contributed by atoms with Gasteiger partial charge in [-0.2, -0.15) is 0 Å². The SMILES string of the molecule is Cc1ccc(CNC(=O)CN2CCC(C(=O)NCc3ccccc3)CC2)cc1F. The number of benzene rings is 2. The molecule has 2 aromatic rings. The van der Waals surface area contributed by atoms with Gasteiger partial charge in [-0.3, -0.25) is 14.5 Å². The van der Waals surface area contributed by atoms with E-state index in [1.807, 2.05) is 36.4 Å². The van der Waals surface area contributed by atoms with Crippen molar-refractivity contribution in [2.24, 2.45) is 5.92 Å². The number of hydrogen-bond acceptors (Lipinski definition) is 3. The summed E-state index contributed by atoms with van der Waals surface area (Å²) in [6.07, 6.45) is 1.49. The normalized spacial score (nSPS) is 15.1. The van der Waals surface area contributed by atoms with Crippen molar-refractivity contribution in [2.75, 3.05) is 19.6 Å². The number of hydrogen-bond donors (Lipinski definition) is 2. The summed E-state index contributed by atoms with van der Waals surface area (Å²) < 4.78 is 13.6. The van der Waals surface area contributed by atoms with Crippen LogP contribution in [0.15, 0.2) is 48.5 Å². The average Bonchev–Trinajstić information content (AvgIpc) is 2.74. The highest BCUT2D eigenvalue weighted by molar-refractivity contribution is 5.79. The summed E-state index contributed by atoms with van der Waals surface area (Å²) in [6.45, 7) is 4.30. The summed E-state index contributed by atoms with van der Waals surface area (Å²) in [5.41, 5.74) is 2.43. The Morgan fingerprint density at radius 2 is 1.69 bits per heavy atom. The second kappa shape index (κ2) is 10.2. The number of carbonyl (C=O) groups is 2. The summed E-state index contributed by atoms with van der Waals surface area (Å²) in [7, 11) is 0. The van der Waals surface area contributed by atoms with Crippen LogP contribution in [0.3, 0.4) is 0 Å². The van der Waals surface area contributed by atoms with Gasteiger partial charge < -0.3 is 10.6 Å². The monoisotopic (exact) mass is 397 g/mol. The molecular formula is C23H28FN3O2. The molecule has 0 radical (unpaired) electrons. The van der Waals surface area contributed by atoms with Crippen LogP contribution in [0.25, 0.3) is 0 Å². The summed E-state index contributed by atoms with van der Waals surface area (Å²) in [4.78, 5) is 26.6. The van der Waals surface area contributed by atoms with Gasteiger partial charge in [0, 0.05) is 19.0 Å². The molecule has 0 aliphatic carbocycles. The molecule has 1 saturated heterocycles. The second-order valence-corrected chi connectivity index (χ2v) is 7.61. The second-order valence-electron chi connectivity index (χ2n) is 7.61. The zero-order valence-electron chi connectivity index (χ0n) is 16.8. The molecule has 0 aromatic heterocycles. The molecule has 29 heavy (non-hydrogen) atoms. The molecular weight excluding hydrogens is 369 g/mol. The summed E-state index contributed by atoms with van der Waals surface area (Å²) in [6, 6.07) is 14.8. The molecule has 2 amide bonds. The van der Waals surface area contributed by atoms with E-state index in [0.29, 0.717) is 25.2 Å². The van der Waals surface area contributed by atoms with Gasteiger partial charge in [0.05, 0.1) is 6.54 Å². The van der Waals surface area contributed by atoms with Gasteiger partial charge in [-0.25, -0.2) is 4.39 Å². The van der Waals surface area contributed by atoms with Crippen molar-refractivity contribution in [1.29, 1.82) is 0 Å². The zero-order chi connectivity index (χ0) is 20.6. The molecule has 6 heteroatoms. The molecule has 1 aliphatic rings. The van der Waals surface area contributed by atoms with Crippen LogP contribution in [-0.4, -0.2) is 36.3 Å². The highest BCUT2D eigenvalue weighted by Gasteiger charge is 2.25. The van der Waals surface area contributed by atoms with Crippen LogP contribution in [0.2, 0.25) is 0 Å². The van der Waals surface area contributed by atoms with E-state index >= 15 is 0 Å². The number of piperidine rings is 1. The Labute approximate surface area is 171 Å². The molecule has 0 unspecified atom stereocenters. The van der Waals surface area contributed by atoms with Crippen LogP contribution in [-0.2, 0) is 22.7 Å². The van der Waals surface area contributed by atoms with Crippen LogP contribution in [0.1, 0.15) is 29.5 Å². The topological polar surface area (TPSA) is 61.4 Å². The highest BCUT2D eigenvalue weighted by Crippen LogP contribution is 2.17. The van der Waals surface area contributed by atoms with Crippen molar-refractivity contribution in [2.45, 2.75) is 32.9 Å².